The van der Waals surface area contributed by atoms with E-state index in [9.17, 15) is 0 Å². The molecule has 0 N–H and O–H groups in total. The molecule has 0 radical (unpaired) electrons. The van der Waals surface area contributed by atoms with Crippen LogP contribution in [0.5, 0.6) is 0 Å². The Bertz CT molecular complexity index is 145. The van der Waals surface area contributed by atoms with Gasteiger partial charge in [-0.05, 0) is 49.4 Å². The molecule has 0 aromatic carbocycles. The molecular formula is C11H18. The van der Waals surface area contributed by atoms with Gasteiger partial charge in [0.2, 0.25) is 0 Å². The first-order chi connectivity index (χ1) is 5.43. The van der Waals surface area contributed by atoms with Crippen LogP contribution in [-0.4, -0.2) is 0 Å². The average Bonchev–Trinajstić information content (AvgIpc) is 2.48. The predicted molar refractivity (Wildman–Crippen MR) is 46.3 cm³/mol. The lowest BCUT2D eigenvalue weighted by molar-refractivity contribution is 0.114. The normalized spacial score (nSPS) is 54.5. The standard InChI is InChI=1S/C11H18/c1-2-8-6-9(3-1)11-5-4-10(8)7-11/h8-11H,1-7H2/t8-,9+,10-,11+. The van der Waals surface area contributed by atoms with Gasteiger partial charge in [-0.15, -0.1) is 0 Å². The highest BCUT2D eigenvalue weighted by Gasteiger charge is 2.42. The highest BCUT2D eigenvalue weighted by atomic mass is 14.5. The van der Waals surface area contributed by atoms with Gasteiger partial charge in [-0.2, -0.15) is 0 Å². The van der Waals surface area contributed by atoms with E-state index < -0.39 is 0 Å². The van der Waals surface area contributed by atoms with E-state index in [1.807, 2.05) is 0 Å². The molecule has 0 unspecified atom stereocenters. The molecule has 4 bridgehead atoms. The van der Waals surface area contributed by atoms with Gasteiger partial charge >= 0.3 is 0 Å². The Morgan fingerprint density at radius 1 is 0.545 bits per heavy atom. The Balaban J connectivity index is 1.88. The minimum Gasteiger partial charge on any atom is -0.0528 e. The number of hydrogen-bond acceptors (Lipinski definition) is 0. The van der Waals surface area contributed by atoms with Crippen molar-refractivity contribution in [2.45, 2.75) is 44.9 Å². The van der Waals surface area contributed by atoms with E-state index in [-0.39, 0.29) is 0 Å². The molecule has 11 heavy (non-hydrogen) atoms. The van der Waals surface area contributed by atoms with Crippen LogP contribution in [0.1, 0.15) is 44.9 Å². The van der Waals surface area contributed by atoms with Crippen LogP contribution in [0.3, 0.4) is 0 Å². The summed E-state index contributed by atoms with van der Waals surface area (Å²) in [5, 5.41) is 0. The molecule has 0 saturated heterocycles. The Morgan fingerprint density at radius 3 is 1.55 bits per heavy atom. The summed E-state index contributed by atoms with van der Waals surface area (Å²) in [6.45, 7) is 0. The summed E-state index contributed by atoms with van der Waals surface area (Å²) in [5.41, 5.74) is 0. The lowest BCUT2D eigenvalue weighted by Crippen LogP contribution is -2.29. The fraction of sp³-hybridized carbons (Fsp3) is 1.00. The van der Waals surface area contributed by atoms with Crippen molar-refractivity contribution < 1.29 is 0 Å². The average molecular weight is 150 g/mol. The van der Waals surface area contributed by atoms with Crippen molar-refractivity contribution in [3.05, 3.63) is 0 Å². The lowest BCUT2D eigenvalue weighted by Gasteiger charge is -2.39. The van der Waals surface area contributed by atoms with Gasteiger partial charge in [-0.3, -0.25) is 0 Å². The molecule has 0 aliphatic heterocycles. The van der Waals surface area contributed by atoms with Crippen LogP contribution in [0.4, 0.5) is 0 Å². The quantitative estimate of drug-likeness (QED) is 0.497. The molecule has 4 atom stereocenters. The zero-order valence-corrected chi connectivity index (χ0v) is 7.26. The first-order valence-corrected chi connectivity index (χ1v) is 5.43. The maximum absolute atomic E-state index is 1.62. The van der Waals surface area contributed by atoms with Gasteiger partial charge in [0.15, 0.2) is 0 Å². The largest absolute Gasteiger partial charge is 0.0528 e. The maximum Gasteiger partial charge on any atom is -0.0383 e. The fourth-order valence-electron chi connectivity index (χ4n) is 4.03. The summed E-state index contributed by atoms with van der Waals surface area (Å²) in [7, 11) is 0. The summed E-state index contributed by atoms with van der Waals surface area (Å²) in [6, 6.07) is 0. The summed E-state index contributed by atoms with van der Waals surface area (Å²) >= 11 is 0. The van der Waals surface area contributed by atoms with Crippen LogP contribution in [0.2, 0.25) is 0 Å². The second kappa shape index (κ2) is 2.24. The van der Waals surface area contributed by atoms with E-state index in [0.29, 0.717) is 0 Å². The van der Waals surface area contributed by atoms with Crippen molar-refractivity contribution in [1.82, 2.24) is 0 Å². The molecule has 3 fully saturated rings. The van der Waals surface area contributed by atoms with Crippen LogP contribution in [0, 0.1) is 23.7 Å². The minimum atomic E-state index is 1.17. The van der Waals surface area contributed by atoms with Crippen molar-refractivity contribution in [1.29, 1.82) is 0 Å². The molecule has 3 aliphatic carbocycles. The van der Waals surface area contributed by atoms with Crippen molar-refractivity contribution in [2.75, 3.05) is 0 Å². The highest BCUT2D eigenvalue weighted by Crippen LogP contribution is 2.53. The molecule has 3 rings (SSSR count). The van der Waals surface area contributed by atoms with Gasteiger partial charge in [0.25, 0.3) is 0 Å². The van der Waals surface area contributed by atoms with Crippen LogP contribution in [-0.2, 0) is 0 Å². The monoisotopic (exact) mass is 150 g/mol. The molecule has 0 aromatic heterocycles. The van der Waals surface area contributed by atoms with Gasteiger partial charge in [0, 0.05) is 0 Å². The van der Waals surface area contributed by atoms with E-state index in [1.165, 1.54) is 23.7 Å². The van der Waals surface area contributed by atoms with Crippen molar-refractivity contribution in [3.63, 3.8) is 0 Å². The summed E-state index contributed by atoms with van der Waals surface area (Å²) in [4.78, 5) is 0. The van der Waals surface area contributed by atoms with E-state index in [4.69, 9.17) is 0 Å². The number of hydrogen-bond donors (Lipinski definition) is 0. The fourth-order valence-corrected chi connectivity index (χ4v) is 4.03. The summed E-state index contributed by atoms with van der Waals surface area (Å²) in [6.07, 6.45) is 11.1. The van der Waals surface area contributed by atoms with Crippen molar-refractivity contribution >= 4 is 0 Å². The van der Waals surface area contributed by atoms with E-state index >= 15 is 0 Å². The second-order valence-corrected chi connectivity index (χ2v) is 5.02. The SMILES string of the molecule is C1C[C@@H]2C[C@H](C1)[C@H]1CC[C@@H]2C1. The van der Waals surface area contributed by atoms with Crippen LogP contribution in [0.25, 0.3) is 0 Å². The van der Waals surface area contributed by atoms with Gasteiger partial charge < -0.3 is 0 Å². The minimum absolute atomic E-state index is 1.17. The third kappa shape index (κ3) is 0.878. The molecule has 3 saturated carbocycles. The van der Waals surface area contributed by atoms with Gasteiger partial charge in [-0.1, -0.05) is 19.3 Å². The van der Waals surface area contributed by atoms with Crippen LogP contribution in [0.15, 0.2) is 0 Å². The third-order valence-corrected chi connectivity index (χ3v) is 4.60. The lowest BCUT2D eigenvalue weighted by atomic mass is 9.66. The molecule has 3 aliphatic rings. The molecular weight excluding hydrogens is 132 g/mol. The zero-order valence-electron chi connectivity index (χ0n) is 7.26. The van der Waals surface area contributed by atoms with Gasteiger partial charge in [-0.25, -0.2) is 0 Å². The molecule has 0 nitrogen and oxygen atoms in total. The van der Waals surface area contributed by atoms with E-state index in [0.717, 1.165) is 0 Å². The van der Waals surface area contributed by atoms with Crippen molar-refractivity contribution in [2.24, 2.45) is 23.7 Å². The molecule has 0 amide bonds. The first-order valence-electron chi connectivity index (χ1n) is 5.43. The Hall–Kier alpha value is 0. The number of rotatable bonds is 0. The summed E-state index contributed by atoms with van der Waals surface area (Å²) in [5.74, 6) is 4.70. The predicted octanol–water partition coefficient (Wildman–Crippen LogP) is 3.22. The number of fused-ring (bicyclic) bond motifs is 6. The second-order valence-electron chi connectivity index (χ2n) is 5.02. The van der Waals surface area contributed by atoms with Crippen LogP contribution < -0.4 is 0 Å². The van der Waals surface area contributed by atoms with Crippen LogP contribution >= 0.6 is 0 Å². The van der Waals surface area contributed by atoms with E-state index in [1.54, 1.807) is 44.9 Å². The van der Waals surface area contributed by atoms with Gasteiger partial charge in [0.05, 0.1) is 0 Å². The Morgan fingerprint density at radius 2 is 1.00 bits per heavy atom. The van der Waals surface area contributed by atoms with Crippen molar-refractivity contribution in [3.8, 4) is 0 Å². The van der Waals surface area contributed by atoms with E-state index in [2.05, 4.69) is 0 Å². The highest BCUT2D eigenvalue weighted by molar-refractivity contribution is 4.93. The molecule has 0 heteroatoms. The smallest absolute Gasteiger partial charge is 0.0383 e. The first kappa shape index (κ1) is 6.51. The Labute approximate surface area is 69.4 Å². The third-order valence-electron chi connectivity index (χ3n) is 4.60. The topological polar surface area (TPSA) is 0 Å². The summed E-state index contributed by atoms with van der Waals surface area (Å²) < 4.78 is 0. The maximum atomic E-state index is 1.62. The molecule has 0 aromatic rings. The molecule has 62 valence electrons. The van der Waals surface area contributed by atoms with Gasteiger partial charge in [0.1, 0.15) is 0 Å². The Kier molecular flexibility index (Phi) is 1.33. The zero-order chi connectivity index (χ0) is 7.26. The molecule has 0 spiro atoms. The molecule has 0 heterocycles.